The van der Waals surface area contributed by atoms with E-state index in [2.05, 4.69) is 15.7 Å². The summed E-state index contributed by atoms with van der Waals surface area (Å²) in [6, 6.07) is 16.1. The molecule has 3 rings (SSSR count). The maximum absolute atomic E-state index is 12.4. The van der Waals surface area contributed by atoms with Gasteiger partial charge < -0.3 is 10.6 Å². The van der Waals surface area contributed by atoms with Crippen molar-refractivity contribution in [3.05, 3.63) is 82.0 Å². The molecule has 0 fully saturated rings. The van der Waals surface area contributed by atoms with E-state index in [1.54, 1.807) is 31.3 Å². The molecule has 0 aliphatic heterocycles. The molecule has 0 aliphatic rings. The van der Waals surface area contributed by atoms with Crippen molar-refractivity contribution in [1.29, 1.82) is 0 Å². The normalized spacial score (nSPS) is 10.5. The second-order valence-electron chi connectivity index (χ2n) is 6.08. The number of hydrogen-bond acceptors (Lipinski definition) is 3. The molecule has 0 saturated heterocycles. The number of anilines is 1. The van der Waals surface area contributed by atoms with E-state index in [4.69, 9.17) is 11.6 Å². The van der Waals surface area contributed by atoms with Crippen molar-refractivity contribution in [2.45, 2.75) is 13.5 Å². The van der Waals surface area contributed by atoms with Crippen LogP contribution in [0, 0.1) is 6.92 Å². The first-order chi connectivity index (χ1) is 13.0. The molecule has 2 amide bonds. The van der Waals surface area contributed by atoms with Crippen LogP contribution >= 0.6 is 11.6 Å². The lowest BCUT2D eigenvalue weighted by Crippen LogP contribution is -2.23. The molecule has 0 unspecified atom stereocenters. The van der Waals surface area contributed by atoms with E-state index in [-0.39, 0.29) is 17.5 Å². The highest BCUT2D eigenvalue weighted by atomic mass is 35.5. The Morgan fingerprint density at radius 3 is 2.52 bits per heavy atom. The van der Waals surface area contributed by atoms with Gasteiger partial charge in [0, 0.05) is 19.7 Å². The number of rotatable bonds is 5. The summed E-state index contributed by atoms with van der Waals surface area (Å²) in [5.41, 5.74) is 2.71. The van der Waals surface area contributed by atoms with Gasteiger partial charge in [0.25, 0.3) is 11.8 Å². The Morgan fingerprint density at radius 1 is 1.07 bits per heavy atom. The lowest BCUT2D eigenvalue weighted by Gasteiger charge is -2.06. The van der Waals surface area contributed by atoms with E-state index in [1.807, 2.05) is 31.2 Å². The molecule has 1 aromatic heterocycles. The lowest BCUT2D eigenvalue weighted by atomic mass is 10.1. The molecule has 6 nitrogen and oxygen atoms in total. The van der Waals surface area contributed by atoms with Crippen molar-refractivity contribution < 1.29 is 9.59 Å². The highest BCUT2D eigenvalue weighted by Gasteiger charge is 2.16. The number of carbonyl (C=O) groups excluding carboxylic acids is 2. The number of halogens is 1. The first-order valence-electron chi connectivity index (χ1n) is 8.38. The molecular weight excluding hydrogens is 364 g/mol. The molecular formula is C20H19ClN4O2. The van der Waals surface area contributed by atoms with E-state index < -0.39 is 0 Å². The number of amides is 2. The second kappa shape index (κ2) is 8.05. The molecule has 2 N–H and O–H groups in total. The number of aryl methyl sites for hydroxylation is 2. The third kappa shape index (κ3) is 4.35. The zero-order valence-electron chi connectivity index (χ0n) is 15.0. The molecule has 0 aliphatic carbocycles. The minimum atomic E-state index is -0.365. The van der Waals surface area contributed by atoms with Gasteiger partial charge in [0.15, 0.2) is 5.69 Å². The third-order valence-electron chi connectivity index (χ3n) is 4.17. The molecule has 0 saturated carbocycles. The number of benzene rings is 2. The molecule has 0 spiro atoms. The Morgan fingerprint density at radius 2 is 1.78 bits per heavy atom. The van der Waals surface area contributed by atoms with E-state index >= 15 is 0 Å². The summed E-state index contributed by atoms with van der Waals surface area (Å²) in [5, 5.41) is 10.1. The van der Waals surface area contributed by atoms with Crippen LogP contribution in [0.3, 0.4) is 0 Å². The number of hydrogen-bond donors (Lipinski definition) is 2. The van der Waals surface area contributed by atoms with Gasteiger partial charge in [0.1, 0.15) is 5.82 Å². The molecule has 0 atom stereocenters. The van der Waals surface area contributed by atoms with Crippen LogP contribution in [0.4, 0.5) is 5.82 Å². The van der Waals surface area contributed by atoms with Crippen LogP contribution in [0.1, 0.15) is 32.0 Å². The van der Waals surface area contributed by atoms with Crippen molar-refractivity contribution in [2.75, 3.05) is 5.32 Å². The minimum absolute atomic E-state index is 0.223. The van der Waals surface area contributed by atoms with Gasteiger partial charge in [-0.05, 0) is 30.2 Å². The fourth-order valence-corrected chi connectivity index (χ4v) is 2.82. The topological polar surface area (TPSA) is 76.0 Å². The predicted octanol–water partition coefficient (Wildman–Crippen LogP) is 3.56. The van der Waals surface area contributed by atoms with Crippen LogP contribution in [-0.4, -0.2) is 21.6 Å². The summed E-state index contributed by atoms with van der Waals surface area (Å²) in [7, 11) is 1.65. The zero-order valence-corrected chi connectivity index (χ0v) is 15.7. The zero-order chi connectivity index (χ0) is 19.4. The van der Waals surface area contributed by atoms with E-state index in [1.165, 1.54) is 10.7 Å². The van der Waals surface area contributed by atoms with Gasteiger partial charge in [-0.2, -0.15) is 5.10 Å². The Bertz CT molecular complexity index is 997. The molecule has 7 heteroatoms. The van der Waals surface area contributed by atoms with E-state index in [0.717, 1.165) is 11.1 Å². The number of aromatic nitrogens is 2. The first-order valence-corrected chi connectivity index (χ1v) is 8.76. The number of nitrogens with one attached hydrogen (secondary N) is 2. The minimum Gasteiger partial charge on any atom is -0.347 e. The van der Waals surface area contributed by atoms with Gasteiger partial charge >= 0.3 is 0 Å². The number of nitrogens with zero attached hydrogens (tertiary/aromatic N) is 2. The van der Waals surface area contributed by atoms with Gasteiger partial charge in [-0.3, -0.25) is 14.3 Å². The Balaban J connectivity index is 1.68. The summed E-state index contributed by atoms with van der Waals surface area (Å²) < 4.78 is 1.44. The summed E-state index contributed by atoms with van der Waals surface area (Å²) >= 11 is 6.05. The Labute approximate surface area is 162 Å². The maximum Gasteiger partial charge on any atom is 0.272 e. The van der Waals surface area contributed by atoms with Crippen molar-refractivity contribution in [3.63, 3.8) is 0 Å². The molecule has 0 bridgehead atoms. The van der Waals surface area contributed by atoms with E-state index in [9.17, 15) is 9.59 Å². The van der Waals surface area contributed by atoms with Crippen LogP contribution in [-0.2, 0) is 13.6 Å². The summed E-state index contributed by atoms with van der Waals surface area (Å²) in [6.07, 6.45) is 0. The average Bonchev–Trinajstić information content (AvgIpc) is 3.01. The average molecular weight is 383 g/mol. The SMILES string of the molecule is Cc1ccccc1CNC(=O)c1cc(NC(=O)c2ccccc2Cl)n(C)n1. The van der Waals surface area contributed by atoms with Crippen LogP contribution in [0.2, 0.25) is 5.02 Å². The van der Waals surface area contributed by atoms with Crippen LogP contribution < -0.4 is 10.6 Å². The molecule has 2 aromatic carbocycles. The van der Waals surface area contributed by atoms with E-state index in [0.29, 0.717) is 22.9 Å². The maximum atomic E-state index is 12.4. The lowest BCUT2D eigenvalue weighted by molar-refractivity contribution is 0.0944. The standard InChI is InChI=1S/C20H19ClN4O2/c1-13-7-3-4-8-14(13)12-22-20(27)17-11-18(25(2)24-17)23-19(26)15-9-5-6-10-16(15)21/h3-11H,12H2,1-2H3,(H,22,27)(H,23,26). The van der Waals surface area contributed by atoms with Crippen LogP contribution in [0.25, 0.3) is 0 Å². The molecule has 0 radical (unpaired) electrons. The highest BCUT2D eigenvalue weighted by Crippen LogP contribution is 2.17. The largest absolute Gasteiger partial charge is 0.347 e. The molecule has 138 valence electrons. The van der Waals surface area contributed by atoms with Crippen molar-refractivity contribution in [2.24, 2.45) is 7.05 Å². The quantitative estimate of drug-likeness (QED) is 0.708. The third-order valence-corrected chi connectivity index (χ3v) is 4.50. The summed E-state index contributed by atoms with van der Waals surface area (Å²) in [4.78, 5) is 24.8. The van der Waals surface area contributed by atoms with Gasteiger partial charge in [-0.25, -0.2) is 0 Å². The van der Waals surface area contributed by atoms with Crippen molar-refractivity contribution in [1.82, 2.24) is 15.1 Å². The van der Waals surface area contributed by atoms with Crippen molar-refractivity contribution >= 4 is 29.2 Å². The van der Waals surface area contributed by atoms with Gasteiger partial charge in [0.05, 0.1) is 10.6 Å². The van der Waals surface area contributed by atoms with Gasteiger partial charge in [-0.1, -0.05) is 48.0 Å². The fourth-order valence-electron chi connectivity index (χ4n) is 2.60. The van der Waals surface area contributed by atoms with Crippen LogP contribution in [0.5, 0.6) is 0 Å². The monoisotopic (exact) mass is 382 g/mol. The first kappa shape index (κ1) is 18.7. The molecule has 27 heavy (non-hydrogen) atoms. The highest BCUT2D eigenvalue weighted by molar-refractivity contribution is 6.34. The number of carbonyl (C=O) groups is 2. The second-order valence-corrected chi connectivity index (χ2v) is 6.49. The molecule has 1 heterocycles. The fraction of sp³-hybridized carbons (Fsp3) is 0.150. The smallest absolute Gasteiger partial charge is 0.272 e. The molecule has 3 aromatic rings. The van der Waals surface area contributed by atoms with Crippen molar-refractivity contribution in [3.8, 4) is 0 Å². The van der Waals surface area contributed by atoms with Crippen LogP contribution in [0.15, 0.2) is 54.6 Å². The summed E-state index contributed by atoms with van der Waals surface area (Å²) in [5.74, 6) is -0.275. The Kier molecular flexibility index (Phi) is 5.57. The predicted molar refractivity (Wildman–Crippen MR) is 105 cm³/mol. The summed E-state index contributed by atoms with van der Waals surface area (Å²) in [6.45, 7) is 2.40. The van der Waals surface area contributed by atoms with Gasteiger partial charge in [0.2, 0.25) is 0 Å². The Hall–Kier alpha value is -3.12. The van der Waals surface area contributed by atoms with Gasteiger partial charge in [-0.15, -0.1) is 0 Å².